The van der Waals surface area contributed by atoms with Crippen molar-refractivity contribution < 1.29 is 9.59 Å². The van der Waals surface area contributed by atoms with Gasteiger partial charge in [0.15, 0.2) is 0 Å². The first-order valence-electron chi connectivity index (χ1n) is 7.01. The van der Waals surface area contributed by atoms with E-state index in [9.17, 15) is 9.59 Å². The normalized spacial score (nSPS) is 14.0. The van der Waals surface area contributed by atoms with Gasteiger partial charge in [-0.1, -0.05) is 12.1 Å². The number of benzene rings is 1. The molecule has 1 fully saturated rings. The molecule has 2 amide bonds. The van der Waals surface area contributed by atoms with Crippen molar-refractivity contribution in [2.24, 2.45) is 11.7 Å². The number of amides is 2. The van der Waals surface area contributed by atoms with Gasteiger partial charge >= 0.3 is 0 Å². The van der Waals surface area contributed by atoms with Crippen molar-refractivity contribution in [3.8, 4) is 0 Å². The van der Waals surface area contributed by atoms with Gasteiger partial charge in [-0.25, -0.2) is 0 Å². The molecule has 1 aliphatic rings. The number of hydrogen-bond donors (Lipinski definition) is 3. The number of carbonyl (C=O) groups excluding carboxylic acids is 2. The second-order valence-corrected chi connectivity index (χ2v) is 5.24. The third-order valence-corrected chi connectivity index (χ3v) is 3.36. The van der Waals surface area contributed by atoms with Gasteiger partial charge in [0.1, 0.15) is 0 Å². The van der Waals surface area contributed by atoms with Gasteiger partial charge in [0.05, 0.1) is 6.54 Å². The van der Waals surface area contributed by atoms with E-state index >= 15 is 0 Å². The van der Waals surface area contributed by atoms with Gasteiger partial charge in [-0.15, -0.1) is 0 Å². The Morgan fingerprint density at radius 1 is 1.30 bits per heavy atom. The highest BCUT2D eigenvalue weighted by molar-refractivity contribution is 5.92. The van der Waals surface area contributed by atoms with Gasteiger partial charge in [-0.05, 0) is 49.4 Å². The molecule has 0 aromatic heterocycles. The van der Waals surface area contributed by atoms with Crippen LogP contribution in [0.2, 0.25) is 0 Å². The molecule has 5 heteroatoms. The predicted molar refractivity (Wildman–Crippen MR) is 77.3 cm³/mol. The molecule has 1 saturated carbocycles. The summed E-state index contributed by atoms with van der Waals surface area (Å²) in [5, 5.41) is 6.00. The van der Waals surface area contributed by atoms with E-state index in [1.54, 1.807) is 18.2 Å². The summed E-state index contributed by atoms with van der Waals surface area (Å²) in [6.07, 6.45) is 3.26. The molecule has 1 aromatic carbocycles. The van der Waals surface area contributed by atoms with E-state index < -0.39 is 5.91 Å². The maximum atomic E-state index is 11.6. The van der Waals surface area contributed by atoms with E-state index in [1.807, 2.05) is 6.07 Å². The highest BCUT2D eigenvalue weighted by Gasteiger charge is 2.20. The van der Waals surface area contributed by atoms with Crippen molar-refractivity contribution in [2.75, 3.05) is 19.6 Å². The molecule has 5 nitrogen and oxygen atoms in total. The summed E-state index contributed by atoms with van der Waals surface area (Å²) in [5.41, 5.74) is 6.72. The molecule has 108 valence electrons. The minimum absolute atomic E-state index is 0.0108. The first-order valence-corrected chi connectivity index (χ1v) is 7.01. The number of carbonyl (C=O) groups is 2. The van der Waals surface area contributed by atoms with Crippen molar-refractivity contribution in [1.82, 2.24) is 10.6 Å². The van der Waals surface area contributed by atoms with Crippen molar-refractivity contribution in [3.05, 3.63) is 35.4 Å². The van der Waals surface area contributed by atoms with Crippen LogP contribution in [-0.4, -0.2) is 31.4 Å². The number of primary amides is 1. The third kappa shape index (κ3) is 5.01. The topological polar surface area (TPSA) is 84.2 Å². The van der Waals surface area contributed by atoms with E-state index in [4.69, 9.17) is 5.73 Å². The molecule has 0 spiro atoms. The molecule has 20 heavy (non-hydrogen) atoms. The van der Waals surface area contributed by atoms with Crippen LogP contribution in [0.3, 0.4) is 0 Å². The lowest BCUT2D eigenvalue weighted by Crippen LogP contribution is -2.35. The Hall–Kier alpha value is -1.88. The zero-order valence-corrected chi connectivity index (χ0v) is 11.5. The second kappa shape index (κ2) is 7.05. The molecule has 4 N–H and O–H groups in total. The number of nitrogens with two attached hydrogens (primary N) is 1. The van der Waals surface area contributed by atoms with Crippen molar-refractivity contribution in [2.45, 2.75) is 19.3 Å². The quantitative estimate of drug-likeness (QED) is 0.644. The van der Waals surface area contributed by atoms with Crippen LogP contribution >= 0.6 is 0 Å². The van der Waals surface area contributed by atoms with E-state index in [1.165, 1.54) is 12.8 Å². The summed E-state index contributed by atoms with van der Waals surface area (Å²) < 4.78 is 0. The van der Waals surface area contributed by atoms with Gasteiger partial charge in [0.2, 0.25) is 11.8 Å². The standard InChI is InChI=1S/C15H21N3O2/c16-15(20)13-3-1-2-11(8-13)6-7-18-14(19)10-17-9-12-4-5-12/h1-3,8,12,17H,4-7,9-10H2,(H2,16,20)(H,18,19). The molecule has 0 unspecified atom stereocenters. The monoisotopic (exact) mass is 275 g/mol. The summed E-state index contributed by atoms with van der Waals surface area (Å²) >= 11 is 0. The largest absolute Gasteiger partial charge is 0.366 e. The van der Waals surface area contributed by atoms with E-state index in [0.29, 0.717) is 25.1 Å². The molecule has 0 saturated heterocycles. The fourth-order valence-electron chi connectivity index (χ4n) is 2.00. The summed E-state index contributed by atoms with van der Waals surface area (Å²) in [5.74, 6) is 0.358. The van der Waals surface area contributed by atoms with Gasteiger partial charge in [0, 0.05) is 12.1 Å². The van der Waals surface area contributed by atoms with Crippen LogP contribution in [0.15, 0.2) is 24.3 Å². The summed E-state index contributed by atoms with van der Waals surface area (Å²) in [6, 6.07) is 7.17. The number of hydrogen-bond acceptors (Lipinski definition) is 3. The third-order valence-electron chi connectivity index (χ3n) is 3.36. The number of rotatable bonds is 8. The molecular weight excluding hydrogens is 254 g/mol. The highest BCUT2D eigenvalue weighted by Crippen LogP contribution is 2.27. The smallest absolute Gasteiger partial charge is 0.248 e. The Bertz CT molecular complexity index is 484. The summed E-state index contributed by atoms with van der Waals surface area (Å²) in [4.78, 5) is 22.6. The molecular formula is C15H21N3O2. The maximum Gasteiger partial charge on any atom is 0.248 e. The van der Waals surface area contributed by atoms with Crippen LogP contribution in [0.4, 0.5) is 0 Å². The SMILES string of the molecule is NC(=O)c1cccc(CCNC(=O)CNCC2CC2)c1. The molecule has 0 aliphatic heterocycles. The zero-order chi connectivity index (χ0) is 14.4. The first-order chi connectivity index (χ1) is 9.65. The second-order valence-electron chi connectivity index (χ2n) is 5.24. The Balaban J connectivity index is 1.65. The van der Waals surface area contributed by atoms with E-state index in [0.717, 1.165) is 18.0 Å². The zero-order valence-electron chi connectivity index (χ0n) is 11.5. The molecule has 1 aliphatic carbocycles. The first kappa shape index (κ1) is 14.5. The number of nitrogens with one attached hydrogen (secondary N) is 2. The Labute approximate surface area is 118 Å². The Morgan fingerprint density at radius 3 is 2.80 bits per heavy atom. The Morgan fingerprint density at radius 2 is 2.10 bits per heavy atom. The minimum Gasteiger partial charge on any atom is -0.366 e. The van der Waals surface area contributed by atoms with Gasteiger partial charge in [-0.3, -0.25) is 9.59 Å². The molecule has 2 rings (SSSR count). The molecule has 0 bridgehead atoms. The highest BCUT2D eigenvalue weighted by atomic mass is 16.2. The fraction of sp³-hybridized carbons (Fsp3) is 0.467. The van der Waals surface area contributed by atoms with Gasteiger partial charge in [0.25, 0.3) is 0 Å². The molecule has 0 atom stereocenters. The van der Waals surface area contributed by atoms with Crippen LogP contribution in [0.25, 0.3) is 0 Å². The molecule has 0 radical (unpaired) electrons. The van der Waals surface area contributed by atoms with E-state index in [2.05, 4.69) is 10.6 Å². The lowest BCUT2D eigenvalue weighted by molar-refractivity contribution is -0.120. The van der Waals surface area contributed by atoms with Crippen molar-refractivity contribution >= 4 is 11.8 Å². The van der Waals surface area contributed by atoms with Gasteiger partial charge in [-0.2, -0.15) is 0 Å². The summed E-state index contributed by atoms with van der Waals surface area (Å²) in [7, 11) is 0. The van der Waals surface area contributed by atoms with Crippen molar-refractivity contribution in [3.63, 3.8) is 0 Å². The van der Waals surface area contributed by atoms with Crippen LogP contribution in [0.5, 0.6) is 0 Å². The van der Waals surface area contributed by atoms with Crippen LogP contribution < -0.4 is 16.4 Å². The van der Waals surface area contributed by atoms with E-state index in [-0.39, 0.29) is 5.91 Å². The van der Waals surface area contributed by atoms with Crippen LogP contribution in [0.1, 0.15) is 28.8 Å². The molecule has 1 aromatic rings. The lowest BCUT2D eigenvalue weighted by Gasteiger charge is -2.07. The van der Waals surface area contributed by atoms with Crippen LogP contribution in [-0.2, 0) is 11.2 Å². The average molecular weight is 275 g/mol. The average Bonchev–Trinajstić information content (AvgIpc) is 3.23. The summed E-state index contributed by atoms with van der Waals surface area (Å²) in [6.45, 7) is 1.87. The maximum absolute atomic E-state index is 11.6. The minimum atomic E-state index is -0.430. The Kier molecular flexibility index (Phi) is 5.12. The van der Waals surface area contributed by atoms with Crippen LogP contribution in [0, 0.1) is 5.92 Å². The van der Waals surface area contributed by atoms with Gasteiger partial charge < -0.3 is 16.4 Å². The van der Waals surface area contributed by atoms with Crippen molar-refractivity contribution in [1.29, 1.82) is 0 Å². The predicted octanol–water partition coefficient (Wildman–Crippen LogP) is 0.444. The fourth-order valence-corrected chi connectivity index (χ4v) is 2.00. The lowest BCUT2D eigenvalue weighted by atomic mass is 10.1. The molecule has 0 heterocycles.